The minimum Gasteiger partial charge on any atom is -0.325 e. The predicted molar refractivity (Wildman–Crippen MR) is 74.8 cm³/mol. The molecule has 1 N–H and O–H groups in total. The normalized spacial score (nSPS) is 20.1. The zero-order valence-electron chi connectivity index (χ0n) is 11.2. The molecule has 3 heteroatoms. The van der Waals surface area contributed by atoms with Gasteiger partial charge in [-0.25, -0.2) is 4.98 Å². The molecule has 1 fully saturated rings. The summed E-state index contributed by atoms with van der Waals surface area (Å²) in [7, 11) is 0. The van der Waals surface area contributed by atoms with Gasteiger partial charge in [-0.05, 0) is 51.4 Å². The van der Waals surface area contributed by atoms with Crippen molar-refractivity contribution in [1.82, 2.24) is 14.9 Å². The van der Waals surface area contributed by atoms with E-state index in [1.54, 1.807) is 0 Å². The van der Waals surface area contributed by atoms with Crippen molar-refractivity contribution in [1.29, 1.82) is 0 Å². The Kier molecular flexibility index (Phi) is 3.08. The van der Waals surface area contributed by atoms with Crippen molar-refractivity contribution < 1.29 is 0 Å². The Balaban J connectivity index is 2.01. The van der Waals surface area contributed by atoms with Crippen LogP contribution in [-0.4, -0.2) is 22.6 Å². The van der Waals surface area contributed by atoms with Crippen molar-refractivity contribution in [3.63, 3.8) is 0 Å². The highest BCUT2D eigenvalue weighted by atomic mass is 15.1. The molecule has 0 spiro atoms. The van der Waals surface area contributed by atoms with Crippen molar-refractivity contribution in [2.75, 3.05) is 13.1 Å². The number of aromatic nitrogens is 2. The van der Waals surface area contributed by atoms with Gasteiger partial charge in [0.05, 0.1) is 11.0 Å². The molecule has 1 aromatic heterocycles. The van der Waals surface area contributed by atoms with Gasteiger partial charge in [-0.1, -0.05) is 12.1 Å². The zero-order chi connectivity index (χ0) is 12.5. The number of hydrogen-bond acceptors (Lipinski definition) is 2. The maximum atomic E-state index is 4.83. The van der Waals surface area contributed by atoms with Gasteiger partial charge in [-0.15, -0.1) is 0 Å². The van der Waals surface area contributed by atoms with E-state index in [4.69, 9.17) is 4.98 Å². The number of hydrogen-bond donors (Lipinski definition) is 1. The number of rotatable bonds is 3. The van der Waals surface area contributed by atoms with E-state index in [0.717, 1.165) is 30.9 Å². The molecular weight excluding hydrogens is 222 g/mol. The van der Waals surface area contributed by atoms with Crippen LogP contribution in [0.1, 0.15) is 32.1 Å². The summed E-state index contributed by atoms with van der Waals surface area (Å²) in [6.45, 7) is 6.78. The average Bonchev–Trinajstić information content (AvgIpc) is 2.95. The third-order valence-electron chi connectivity index (χ3n) is 3.82. The molecule has 1 aromatic carbocycles. The average molecular weight is 243 g/mol. The minimum absolute atomic E-state index is 0.474. The van der Waals surface area contributed by atoms with Crippen molar-refractivity contribution in [2.24, 2.45) is 5.92 Å². The first-order chi connectivity index (χ1) is 8.75. The Morgan fingerprint density at radius 2 is 2.22 bits per heavy atom. The Bertz CT molecular complexity index is 536. The van der Waals surface area contributed by atoms with E-state index in [1.165, 1.54) is 17.8 Å². The molecule has 0 amide bonds. The van der Waals surface area contributed by atoms with E-state index in [1.807, 2.05) is 0 Å². The predicted octanol–water partition coefficient (Wildman–Crippen LogP) is 2.77. The second-order valence-electron chi connectivity index (χ2n) is 5.54. The van der Waals surface area contributed by atoms with Crippen LogP contribution in [0.3, 0.4) is 0 Å². The lowest BCUT2D eigenvalue weighted by atomic mass is 10.0. The SMILES string of the molecule is CC(C)n1c(CC2CCNC2)nc2ccccc21. The lowest BCUT2D eigenvalue weighted by Gasteiger charge is -2.15. The number of benzene rings is 1. The first kappa shape index (κ1) is 11.7. The van der Waals surface area contributed by atoms with Crippen molar-refractivity contribution in [3.05, 3.63) is 30.1 Å². The van der Waals surface area contributed by atoms with E-state index in [0.29, 0.717) is 6.04 Å². The number of nitrogens with one attached hydrogen (secondary N) is 1. The van der Waals surface area contributed by atoms with Gasteiger partial charge in [-0.3, -0.25) is 0 Å². The molecule has 0 aliphatic carbocycles. The largest absolute Gasteiger partial charge is 0.325 e. The fraction of sp³-hybridized carbons (Fsp3) is 0.533. The minimum atomic E-state index is 0.474. The van der Waals surface area contributed by atoms with Gasteiger partial charge < -0.3 is 9.88 Å². The van der Waals surface area contributed by atoms with E-state index < -0.39 is 0 Å². The third-order valence-corrected chi connectivity index (χ3v) is 3.82. The lowest BCUT2D eigenvalue weighted by Crippen LogP contribution is -2.14. The molecule has 3 nitrogen and oxygen atoms in total. The quantitative estimate of drug-likeness (QED) is 0.898. The summed E-state index contributed by atoms with van der Waals surface area (Å²) in [6, 6.07) is 8.94. The van der Waals surface area contributed by atoms with Crippen LogP contribution in [0.5, 0.6) is 0 Å². The highest BCUT2D eigenvalue weighted by Gasteiger charge is 2.20. The molecule has 0 bridgehead atoms. The van der Waals surface area contributed by atoms with E-state index in [-0.39, 0.29) is 0 Å². The molecule has 0 radical (unpaired) electrons. The van der Waals surface area contributed by atoms with Gasteiger partial charge >= 0.3 is 0 Å². The molecule has 2 aromatic rings. The molecular formula is C15H21N3. The third kappa shape index (κ3) is 2.03. The molecule has 1 atom stereocenters. The topological polar surface area (TPSA) is 29.9 Å². The molecule has 1 saturated heterocycles. The van der Waals surface area contributed by atoms with Crippen molar-refractivity contribution >= 4 is 11.0 Å². The van der Waals surface area contributed by atoms with Crippen molar-refractivity contribution in [3.8, 4) is 0 Å². The van der Waals surface area contributed by atoms with Gasteiger partial charge in [-0.2, -0.15) is 0 Å². The molecule has 96 valence electrons. The van der Waals surface area contributed by atoms with E-state index in [9.17, 15) is 0 Å². The maximum Gasteiger partial charge on any atom is 0.110 e. The fourth-order valence-electron chi connectivity index (χ4n) is 2.96. The second-order valence-corrected chi connectivity index (χ2v) is 5.54. The second kappa shape index (κ2) is 4.73. The first-order valence-electron chi connectivity index (χ1n) is 6.92. The van der Waals surface area contributed by atoms with E-state index in [2.05, 4.69) is 48.0 Å². The summed E-state index contributed by atoms with van der Waals surface area (Å²) in [6.07, 6.45) is 2.38. The first-order valence-corrected chi connectivity index (χ1v) is 6.92. The molecule has 0 saturated carbocycles. The Morgan fingerprint density at radius 3 is 2.94 bits per heavy atom. The lowest BCUT2D eigenvalue weighted by molar-refractivity contribution is 0.514. The molecule has 1 aliphatic rings. The molecule has 3 rings (SSSR count). The molecule has 2 heterocycles. The number of nitrogens with zero attached hydrogens (tertiary/aromatic N) is 2. The zero-order valence-corrected chi connectivity index (χ0v) is 11.2. The fourth-order valence-corrected chi connectivity index (χ4v) is 2.96. The number of para-hydroxylation sites is 2. The summed E-state index contributed by atoms with van der Waals surface area (Å²) in [4.78, 5) is 4.83. The summed E-state index contributed by atoms with van der Waals surface area (Å²) >= 11 is 0. The summed E-state index contributed by atoms with van der Waals surface area (Å²) in [5.41, 5.74) is 2.40. The monoisotopic (exact) mass is 243 g/mol. The van der Waals surface area contributed by atoms with Gasteiger partial charge in [0.2, 0.25) is 0 Å². The maximum absolute atomic E-state index is 4.83. The van der Waals surface area contributed by atoms with Crippen LogP contribution in [-0.2, 0) is 6.42 Å². The summed E-state index contributed by atoms with van der Waals surface area (Å²) < 4.78 is 2.40. The standard InChI is InChI=1S/C15H21N3/c1-11(2)18-14-6-4-3-5-13(14)17-15(18)9-12-7-8-16-10-12/h3-6,11-12,16H,7-10H2,1-2H3. The number of imidazole rings is 1. The summed E-state index contributed by atoms with van der Waals surface area (Å²) in [5.74, 6) is 2.00. The van der Waals surface area contributed by atoms with Crippen LogP contribution in [0.4, 0.5) is 0 Å². The van der Waals surface area contributed by atoms with Gasteiger partial charge in [0.25, 0.3) is 0 Å². The van der Waals surface area contributed by atoms with Crippen LogP contribution in [0, 0.1) is 5.92 Å². The van der Waals surface area contributed by atoms with Gasteiger partial charge in [0.1, 0.15) is 5.82 Å². The van der Waals surface area contributed by atoms with Crippen LogP contribution in [0.25, 0.3) is 11.0 Å². The van der Waals surface area contributed by atoms with Crippen LogP contribution < -0.4 is 5.32 Å². The van der Waals surface area contributed by atoms with Crippen LogP contribution in [0.15, 0.2) is 24.3 Å². The Morgan fingerprint density at radius 1 is 1.39 bits per heavy atom. The highest BCUT2D eigenvalue weighted by Crippen LogP contribution is 2.24. The van der Waals surface area contributed by atoms with Crippen molar-refractivity contribution in [2.45, 2.75) is 32.7 Å². The van der Waals surface area contributed by atoms with Crippen LogP contribution in [0.2, 0.25) is 0 Å². The smallest absolute Gasteiger partial charge is 0.110 e. The highest BCUT2D eigenvalue weighted by molar-refractivity contribution is 5.76. The number of fused-ring (bicyclic) bond motifs is 1. The van der Waals surface area contributed by atoms with Gasteiger partial charge in [0, 0.05) is 12.5 Å². The summed E-state index contributed by atoms with van der Waals surface area (Å²) in [5, 5.41) is 3.44. The Labute approximate surface area is 108 Å². The molecule has 1 unspecified atom stereocenters. The van der Waals surface area contributed by atoms with Gasteiger partial charge in [0.15, 0.2) is 0 Å². The Hall–Kier alpha value is -1.35. The molecule has 18 heavy (non-hydrogen) atoms. The van der Waals surface area contributed by atoms with E-state index >= 15 is 0 Å². The van der Waals surface area contributed by atoms with Crippen LogP contribution >= 0.6 is 0 Å². The molecule has 1 aliphatic heterocycles.